The molecule has 1 atom stereocenters. The third-order valence-corrected chi connectivity index (χ3v) is 2.12. The van der Waals surface area contributed by atoms with Crippen LogP contribution in [0.5, 0.6) is 0 Å². The first-order valence-electron chi connectivity index (χ1n) is 1.71. The van der Waals surface area contributed by atoms with Gasteiger partial charge in [0.05, 0.1) is 0 Å². The van der Waals surface area contributed by atoms with Crippen molar-refractivity contribution in [1.82, 2.24) is 0 Å². The van der Waals surface area contributed by atoms with Gasteiger partial charge in [-0.25, -0.2) is 8.78 Å². The molecule has 0 saturated heterocycles. The maximum absolute atomic E-state index is 11.7. The quantitative estimate of drug-likeness (QED) is 0.516. The van der Waals surface area contributed by atoms with E-state index in [0.29, 0.717) is 0 Å². The van der Waals surface area contributed by atoms with Gasteiger partial charge in [-0.3, -0.25) is 0 Å². The predicted molar refractivity (Wildman–Crippen MR) is 27.1 cm³/mol. The highest BCUT2D eigenvalue weighted by Crippen LogP contribution is 2.61. The molecular weight excluding hydrogens is 189 g/mol. The number of hydrogen-bond acceptors (Lipinski definition) is 0. The Morgan fingerprint density at radius 2 is 1.71 bits per heavy atom. The molecule has 0 aromatic heterocycles. The molecule has 7 heavy (non-hydrogen) atoms. The summed E-state index contributed by atoms with van der Waals surface area (Å²) in [7, 11) is 0. The SMILES string of the molecule is FC1(F)CC1(Cl)Br. The minimum atomic E-state index is -2.67. The summed E-state index contributed by atoms with van der Waals surface area (Å²) in [4.78, 5) is 0. The van der Waals surface area contributed by atoms with E-state index >= 15 is 0 Å². The summed E-state index contributed by atoms with van der Waals surface area (Å²) in [6.45, 7) is 0. The number of halogens is 4. The van der Waals surface area contributed by atoms with Crippen molar-refractivity contribution >= 4 is 27.5 Å². The summed E-state index contributed by atoms with van der Waals surface area (Å²) in [5.41, 5.74) is 0. The van der Waals surface area contributed by atoms with Crippen molar-refractivity contribution in [2.24, 2.45) is 0 Å². The van der Waals surface area contributed by atoms with E-state index in [1.54, 1.807) is 0 Å². The lowest BCUT2D eigenvalue weighted by molar-refractivity contribution is 0.118. The van der Waals surface area contributed by atoms with Crippen LogP contribution in [0.4, 0.5) is 8.78 Å². The Hall–Kier alpha value is 0.630. The molecule has 0 aromatic rings. The molecule has 1 fully saturated rings. The summed E-state index contributed by atoms with van der Waals surface area (Å²) in [5, 5.41) is 0. The topological polar surface area (TPSA) is 0 Å². The summed E-state index contributed by atoms with van der Waals surface area (Å²) >= 11 is 7.72. The van der Waals surface area contributed by atoms with Crippen LogP contribution in [-0.4, -0.2) is 9.71 Å². The summed E-state index contributed by atoms with van der Waals surface area (Å²) in [5.74, 6) is -2.67. The Morgan fingerprint density at radius 1 is 1.57 bits per heavy atom. The van der Waals surface area contributed by atoms with E-state index in [-0.39, 0.29) is 6.42 Å². The van der Waals surface area contributed by atoms with Crippen LogP contribution in [-0.2, 0) is 0 Å². The first-order chi connectivity index (χ1) is 2.96. The second-order valence-corrected chi connectivity index (χ2v) is 4.04. The molecule has 0 spiro atoms. The molecule has 1 unspecified atom stereocenters. The molecular formula is C3H2BrClF2. The predicted octanol–water partition coefficient (Wildman–Crippen LogP) is 2.36. The molecule has 1 rings (SSSR count). The molecule has 0 heterocycles. The zero-order valence-corrected chi connectivity index (χ0v) is 5.56. The first kappa shape index (κ1) is 5.76. The van der Waals surface area contributed by atoms with E-state index in [0.717, 1.165) is 0 Å². The fraction of sp³-hybridized carbons (Fsp3) is 1.00. The Morgan fingerprint density at radius 3 is 1.71 bits per heavy atom. The van der Waals surface area contributed by atoms with E-state index in [9.17, 15) is 8.78 Å². The van der Waals surface area contributed by atoms with Gasteiger partial charge in [-0.2, -0.15) is 0 Å². The van der Waals surface area contributed by atoms with Gasteiger partial charge in [0.2, 0.25) is 0 Å². The van der Waals surface area contributed by atoms with Crippen molar-refractivity contribution in [3.8, 4) is 0 Å². The summed E-state index contributed by atoms with van der Waals surface area (Å²) in [6.07, 6.45) is -0.248. The molecule has 0 radical (unpaired) electrons. The van der Waals surface area contributed by atoms with Crippen molar-refractivity contribution in [3.05, 3.63) is 0 Å². The van der Waals surface area contributed by atoms with E-state index in [1.165, 1.54) is 0 Å². The molecule has 0 aliphatic heterocycles. The van der Waals surface area contributed by atoms with Crippen LogP contribution in [0, 0.1) is 0 Å². The first-order valence-corrected chi connectivity index (χ1v) is 2.88. The Labute approximate surface area is 53.0 Å². The van der Waals surface area contributed by atoms with Gasteiger partial charge in [0, 0.05) is 6.42 Å². The second kappa shape index (κ2) is 1.13. The summed E-state index contributed by atoms with van der Waals surface area (Å²) in [6, 6.07) is 0. The van der Waals surface area contributed by atoms with Gasteiger partial charge in [0.25, 0.3) is 5.92 Å². The molecule has 4 heteroatoms. The van der Waals surface area contributed by atoms with Gasteiger partial charge < -0.3 is 0 Å². The largest absolute Gasteiger partial charge is 0.279 e. The van der Waals surface area contributed by atoms with Crippen LogP contribution in [0.1, 0.15) is 6.42 Å². The molecule has 0 bridgehead atoms. The zero-order chi connectivity index (χ0) is 5.71. The molecule has 1 aliphatic rings. The molecule has 1 saturated carbocycles. The second-order valence-electron chi connectivity index (χ2n) is 1.59. The van der Waals surface area contributed by atoms with Gasteiger partial charge in [-0.05, 0) is 0 Å². The van der Waals surface area contributed by atoms with Crippen molar-refractivity contribution in [2.75, 3.05) is 0 Å². The van der Waals surface area contributed by atoms with E-state index in [4.69, 9.17) is 11.6 Å². The molecule has 42 valence electrons. The maximum atomic E-state index is 11.7. The molecule has 0 amide bonds. The van der Waals surface area contributed by atoms with E-state index < -0.39 is 9.71 Å². The average Bonchev–Trinajstić information content (AvgIpc) is 1.63. The van der Waals surface area contributed by atoms with Gasteiger partial charge in [-0.1, -0.05) is 27.5 Å². The highest BCUT2D eigenvalue weighted by atomic mass is 79.9. The lowest BCUT2D eigenvalue weighted by Crippen LogP contribution is -1.99. The Balaban J connectivity index is 2.59. The molecule has 1 aliphatic carbocycles. The van der Waals surface area contributed by atoms with Crippen molar-refractivity contribution in [2.45, 2.75) is 16.1 Å². The molecule has 0 aromatic carbocycles. The fourth-order valence-electron chi connectivity index (χ4n) is 0.235. The molecule has 0 nitrogen and oxygen atoms in total. The van der Waals surface area contributed by atoms with Gasteiger partial charge in [0.1, 0.15) is 0 Å². The minimum absolute atomic E-state index is 0.248. The monoisotopic (exact) mass is 190 g/mol. The highest BCUT2D eigenvalue weighted by Gasteiger charge is 2.69. The van der Waals surface area contributed by atoms with Crippen molar-refractivity contribution in [3.63, 3.8) is 0 Å². The normalized spacial score (nSPS) is 46.3. The van der Waals surface area contributed by atoms with Crippen LogP contribution in [0.2, 0.25) is 0 Å². The van der Waals surface area contributed by atoms with Gasteiger partial charge in [0.15, 0.2) is 3.78 Å². The summed E-state index contributed by atoms with van der Waals surface area (Å²) < 4.78 is 22.1. The number of hydrogen-bond donors (Lipinski definition) is 0. The van der Waals surface area contributed by atoms with E-state index in [2.05, 4.69) is 15.9 Å². The number of rotatable bonds is 0. The van der Waals surface area contributed by atoms with Crippen LogP contribution >= 0.6 is 27.5 Å². The standard InChI is InChI=1S/C3H2BrClF2/c4-2(5)1-3(2,6)7/h1H2. The Kier molecular flexibility index (Phi) is 0.931. The average molecular weight is 191 g/mol. The maximum Gasteiger partial charge on any atom is 0.279 e. The highest BCUT2D eigenvalue weighted by molar-refractivity contribution is 9.10. The lowest BCUT2D eigenvalue weighted by Gasteiger charge is -1.91. The van der Waals surface area contributed by atoms with Crippen molar-refractivity contribution in [1.29, 1.82) is 0 Å². The number of alkyl halides is 4. The van der Waals surface area contributed by atoms with Crippen LogP contribution in [0.25, 0.3) is 0 Å². The third-order valence-electron chi connectivity index (χ3n) is 0.854. The van der Waals surface area contributed by atoms with Gasteiger partial charge >= 0.3 is 0 Å². The Bertz CT molecular complexity index is 89.1. The van der Waals surface area contributed by atoms with E-state index in [1.807, 2.05) is 0 Å². The van der Waals surface area contributed by atoms with Crippen LogP contribution in [0.3, 0.4) is 0 Å². The smallest absolute Gasteiger partial charge is 0.204 e. The molecule has 0 N–H and O–H groups in total. The third kappa shape index (κ3) is 0.765. The van der Waals surface area contributed by atoms with Crippen molar-refractivity contribution < 1.29 is 8.78 Å². The minimum Gasteiger partial charge on any atom is -0.204 e. The fourth-order valence-corrected chi connectivity index (χ4v) is 0.755. The zero-order valence-electron chi connectivity index (χ0n) is 3.22. The van der Waals surface area contributed by atoms with Crippen LogP contribution in [0.15, 0.2) is 0 Å². The van der Waals surface area contributed by atoms with Crippen LogP contribution < -0.4 is 0 Å². The lowest BCUT2D eigenvalue weighted by atomic mass is 10.8. The van der Waals surface area contributed by atoms with Gasteiger partial charge in [-0.15, -0.1) is 0 Å².